The molecule has 4 N–H and O–H groups in total. The Hall–Kier alpha value is -2.62. The summed E-state index contributed by atoms with van der Waals surface area (Å²) in [4.78, 5) is 0. The SMILES string of the molecule is CCOc1ccc(CCc2coc3cccc(O[C@@H]4O[C@H](CO)[C@@H](O)[C@H](O)[C@H]4O)c23)cc1. The van der Waals surface area contributed by atoms with Crippen LogP contribution in [-0.2, 0) is 17.6 Å². The largest absolute Gasteiger partial charge is 0.494 e. The Morgan fingerprint density at radius 1 is 0.938 bits per heavy atom. The van der Waals surface area contributed by atoms with E-state index in [2.05, 4.69) is 0 Å². The highest BCUT2D eigenvalue weighted by Gasteiger charge is 2.44. The minimum Gasteiger partial charge on any atom is -0.494 e. The molecule has 1 fully saturated rings. The van der Waals surface area contributed by atoms with Crippen LogP contribution < -0.4 is 9.47 Å². The van der Waals surface area contributed by atoms with Crippen LogP contribution in [0, 0.1) is 0 Å². The van der Waals surface area contributed by atoms with Crippen molar-refractivity contribution in [2.45, 2.75) is 50.5 Å². The number of aliphatic hydroxyl groups is 4. The van der Waals surface area contributed by atoms with Crippen LogP contribution in [0.1, 0.15) is 18.1 Å². The maximum absolute atomic E-state index is 10.3. The van der Waals surface area contributed by atoms with E-state index < -0.39 is 37.3 Å². The van der Waals surface area contributed by atoms with Crippen LogP contribution in [-0.4, -0.2) is 64.3 Å². The number of ether oxygens (including phenoxy) is 3. The van der Waals surface area contributed by atoms with E-state index in [0.717, 1.165) is 28.7 Å². The highest BCUT2D eigenvalue weighted by molar-refractivity contribution is 5.87. The summed E-state index contributed by atoms with van der Waals surface area (Å²) in [6.07, 6.45) is -3.59. The van der Waals surface area contributed by atoms with E-state index in [1.54, 1.807) is 18.4 Å². The lowest BCUT2D eigenvalue weighted by atomic mass is 9.99. The zero-order valence-corrected chi connectivity index (χ0v) is 17.8. The number of aliphatic hydroxyl groups excluding tert-OH is 4. The third-order valence-corrected chi connectivity index (χ3v) is 5.65. The summed E-state index contributed by atoms with van der Waals surface area (Å²) in [5.74, 6) is 1.25. The Morgan fingerprint density at radius 2 is 1.72 bits per heavy atom. The molecule has 32 heavy (non-hydrogen) atoms. The molecule has 1 aliphatic heterocycles. The van der Waals surface area contributed by atoms with Gasteiger partial charge in [0.15, 0.2) is 0 Å². The molecule has 172 valence electrons. The smallest absolute Gasteiger partial charge is 0.229 e. The van der Waals surface area contributed by atoms with E-state index in [1.165, 1.54) is 0 Å². The maximum atomic E-state index is 10.3. The van der Waals surface area contributed by atoms with Gasteiger partial charge in [-0.25, -0.2) is 0 Å². The van der Waals surface area contributed by atoms with E-state index in [0.29, 0.717) is 24.4 Å². The zero-order valence-electron chi connectivity index (χ0n) is 17.8. The molecule has 0 amide bonds. The number of furan rings is 1. The van der Waals surface area contributed by atoms with Crippen LogP contribution in [0.15, 0.2) is 53.1 Å². The molecule has 1 saturated heterocycles. The highest BCUT2D eigenvalue weighted by atomic mass is 16.7. The van der Waals surface area contributed by atoms with Gasteiger partial charge in [0, 0.05) is 5.56 Å². The number of benzene rings is 2. The summed E-state index contributed by atoms with van der Waals surface area (Å²) >= 11 is 0. The molecule has 0 bridgehead atoms. The first-order valence-corrected chi connectivity index (χ1v) is 10.7. The molecule has 0 saturated carbocycles. The lowest BCUT2D eigenvalue weighted by Gasteiger charge is -2.39. The van der Waals surface area contributed by atoms with Crippen molar-refractivity contribution in [3.05, 3.63) is 59.9 Å². The van der Waals surface area contributed by atoms with E-state index in [4.69, 9.17) is 18.6 Å². The second kappa shape index (κ2) is 9.89. The molecule has 8 heteroatoms. The van der Waals surface area contributed by atoms with Crippen LogP contribution in [0.2, 0.25) is 0 Å². The monoisotopic (exact) mass is 444 g/mol. The number of hydrogen-bond acceptors (Lipinski definition) is 8. The molecule has 2 heterocycles. The fourth-order valence-electron chi connectivity index (χ4n) is 3.89. The number of hydrogen-bond donors (Lipinski definition) is 4. The van der Waals surface area contributed by atoms with Crippen molar-refractivity contribution in [3.63, 3.8) is 0 Å². The summed E-state index contributed by atoms with van der Waals surface area (Å²) < 4.78 is 22.6. The summed E-state index contributed by atoms with van der Waals surface area (Å²) in [6.45, 7) is 2.05. The Bertz CT molecular complexity index is 1010. The van der Waals surface area contributed by atoms with Crippen molar-refractivity contribution in [2.24, 2.45) is 0 Å². The van der Waals surface area contributed by atoms with Crippen molar-refractivity contribution in [1.29, 1.82) is 0 Å². The van der Waals surface area contributed by atoms with E-state index >= 15 is 0 Å². The second-order valence-corrected chi connectivity index (χ2v) is 7.78. The molecule has 2 aromatic carbocycles. The molecule has 3 aromatic rings. The van der Waals surface area contributed by atoms with E-state index in [-0.39, 0.29) is 0 Å². The minimum absolute atomic E-state index is 0.419. The Kier molecular flexibility index (Phi) is 6.98. The quantitative estimate of drug-likeness (QED) is 0.415. The van der Waals surface area contributed by atoms with Gasteiger partial charge < -0.3 is 39.1 Å². The maximum Gasteiger partial charge on any atom is 0.229 e. The lowest BCUT2D eigenvalue weighted by molar-refractivity contribution is -0.277. The summed E-state index contributed by atoms with van der Waals surface area (Å²) in [7, 11) is 0. The van der Waals surface area contributed by atoms with Crippen LogP contribution in [0.25, 0.3) is 11.0 Å². The third-order valence-electron chi connectivity index (χ3n) is 5.65. The first-order valence-electron chi connectivity index (χ1n) is 10.7. The average Bonchev–Trinajstić information content (AvgIpc) is 3.23. The fraction of sp³-hybridized carbons (Fsp3) is 0.417. The molecule has 0 aliphatic carbocycles. The Balaban J connectivity index is 1.53. The van der Waals surface area contributed by atoms with Crippen molar-refractivity contribution < 1.29 is 39.1 Å². The standard InChI is InChI=1S/C24H28O8/c1-2-29-16-10-7-14(8-11-16)6-9-15-13-30-17-4-3-5-18(20(15)17)31-24-23(28)22(27)21(26)19(12-25)32-24/h3-5,7-8,10-11,13,19,21-28H,2,6,9,12H2,1H3/t19-,21-,22+,23-,24-/m1/s1. The van der Waals surface area contributed by atoms with Gasteiger partial charge in [-0.2, -0.15) is 0 Å². The van der Waals surface area contributed by atoms with Gasteiger partial charge >= 0.3 is 0 Å². The summed E-state index contributed by atoms with van der Waals surface area (Å²) in [6, 6.07) is 13.2. The van der Waals surface area contributed by atoms with Crippen molar-refractivity contribution in [2.75, 3.05) is 13.2 Å². The van der Waals surface area contributed by atoms with E-state index in [9.17, 15) is 20.4 Å². The Morgan fingerprint density at radius 3 is 2.44 bits per heavy atom. The van der Waals surface area contributed by atoms with Gasteiger partial charge in [0.25, 0.3) is 0 Å². The fourth-order valence-corrected chi connectivity index (χ4v) is 3.89. The summed E-state index contributed by atoms with van der Waals surface area (Å²) in [5.41, 5.74) is 2.69. The van der Waals surface area contributed by atoms with Gasteiger partial charge in [-0.3, -0.25) is 0 Å². The van der Waals surface area contributed by atoms with Gasteiger partial charge in [-0.15, -0.1) is 0 Å². The molecular formula is C24H28O8. The van der Waals surface area contributed by atoms with Crippen LogP contribution >= 0.6 is 0 Å². The van der Waals surface area contributed by atoms with Gasteiger partial charge in [-0.05, 0) is 49.6 Å². The first-order chi connectivity index (χ1) is 15.5. The first kappa shape index (κ1) is 22.6. The molecule has 0 radical (unpaired) electrons. The topological polar surface area (TPSA) is 122 Å². The normalized spacial score (nSPS) is 25.7. The second-order valence-electron chi connectivity index (χ2n) is 7.78. The minimum atomic E-state index is -1.51. The number of fused-ring (bicyclic) bond motifs is 1. The summed E-state index contributed by atoms with van der Waals surface area (Å²) in [5, 5.41) is 40.5. The molecule has 8 nitrogen and oxygen atoms in total. The lowest BCUT2D eigenvalue weighted by Crippen LogP contribution is -2.60. The van der Waals surface area contributed by atoms with Crippen LogP contribution in [0.3, 0.4) is 0 Å². The van der Waals surface area contributed by atoms with Gasteiger partial charge in [0.2, 0.25) is 6.29 Å². The van der Waals surface area contributed by atoms with Crippen molar-refractivity contribution >= 4 is 11.0 Å². The van der Waals surface area contributed by atoms with Gasteiger partial charge in [0.05, 0.1) is 24.9 Å². The van der Waals surface area contributed by atoms with Crippen molar-refractivity contribution in [3.8, 4) is 11.5 Å². The number of rotatable bonds is 8. The molecule has 0 spiro atoms. The molecule has 1 aromatic heterocycles. The molecule has 1 aliphatic rings. The zero-order chi connectivity index (χ0) is 22.7. The number of aryl methyl sites for hydroxylation is 2. The van der Waals surface area contributed by atoms with Gasteiger partial charge in [0.1, 0.15) is 41.5 Å². The molecule has 0 unspecified atom stereocenters. The van der Waals surface area contributed by atoms with Gasteiger partial charge in [-0.1, -0.05) is 18.2 Å². The highest BCUT2D eigenvalue weighted by Crippen LogP contribution is 2.34. The third kappa shape index (κ3) is 4.60. The predicted octanol–water partition coefficient (Wildman–Crippen LogP) is 1.80. The molecule has 5 atom stereocenters. The van der Waals surface area contributed by atoms with Crippen LogP contribution in [0.5, 0.6) is 11.5 Å². The van der Waals surface area contributed by atoms with Crippen LogP contribution in [0.4, 0.5) is 0 Å². The van der Waals surface area contributed by atoms with E-state index in [1.807, 2.05) is 37.3 Å². The average molecular weight is 444 g/mol. The Labute approximate surface area is 185 Å². The molecule has 4 rings (SSSR count). The van der Waals surface area contributed by atoms with Crippen molar-refractivity contribution in [1.82, 2.24) is 0 Å². The predicted molar refractivity (Wildman–Crippen MR) is 116 cm³/mol. The molecular weight excluding hydrogens is 416 g/mol.